The van der Waals surface area contributed by atoms with Crippen LogP contribution in [0, 0.1) is 6.92 Å². The molecule has 114 valence electrons. The lowest BCUT2D eigenvalue weighted by molar-refractivity contribution is 0.0601. The number of carbonyl (C=O) groups excluding carboxylic acids is 1. The Labute approximate surface area is 136 Å². The highest BCUT2D eigenvalue weighted by Gasteiger charge is 2.16. The first-order valence-electron chi connectivity index (χ1n) is 7.54. The van der Waals surface area contributed by atoms with Crippen molar-refractivity contribution in [3.05, 3.63) is 83.9 Å². The Hall–Kier alpha value is -2.87. The van der Waals surface area contributed by atoms with Gasteiger partial charge in [-0.25, -0.2) is 4.79 Å². The topological polar surface area (TPSA) is 26.3 Å². The SMILES string of the molecule is COC(=O)c1cc(-c2ccccc2)c(C)cc1-c1ccccc1. The van der Waals surface area contributed by atoms with Crippen LogP contribution in [0.5, 0.6) is 0 Å². The molecule has 3 rings (SSSR count). The maximum absolute atomic E-state index is 12.3. The van der Waals surface area contributed by atoms with Gasteiger partial charge in [0.05, 0.1) is 12.7 Å². The first kappa shape index (κ1) is 15.0. The van der Waals surface area contributed by atoms with Crippen molar-refractivity contribution in [1.82, 2.24) is 0 Å². The molecular formula is C21H18O2. The third kappa shape index (κ3) is 3.02. The number of hydrogen-bond acceptors (Lipinski definition) is 2. The number of aryl methyl sites for hydroxylation is 1. The number of rotatable bonds is 3. The van der Waals surface area contributed by atoms with Crippen molar-refractivity contribution in [2.75, 3.05) is 7.11 Å². The summed E-state index contributed by atoms with van der Waals surface area (Å²) in [7, 11) is 1.42. The lowest BCUT2D eigenvalue weighted by atomic mass is 9.91. The van der Waals surface area contributed by atoms with Crippen LogP contribution >= 0.6 is 0 Å². The summed E-state index contributed by atoms with van der Waals surface area (Å²) in [5.74, 6) is -0.318. The van der Waals surface area contributed by atoms with Crippen LogP contribution in [-0.4, -0.2) is 13.1 Å². The fraction of sp³-hybridized carbons (Fsp3) is 0.0952. The molecule has 0 aliphatic carbocycles. The quantitative estimate of drug-likeness (QED) is 0.628. The molecule has 2 heteroatoms. The maximum Gasteiger partial charge on any atom is 0.338 e. The lowest BCUT2D eigenvalue weighted by Crippen LogP contribution is -2.05. The van der Waals surface area contributed by atoms with Crippen molar-refractivity contribution in [3.8, 4) is 22.3 Å². The van der Waals surface area contributed by atoms with E-state index in [0.29, 0.717) is 5.56 Å². The van der Waals surface area contributed by atoms with Crippen LogP contribution in [0.3, 0.4) is 0 Å². The molecule has 0 spiro atoms. The predicted octanol–water partition coefficient (Wildman–Crippen LogP) is 5.12. The van der Waals surface area contributed by atoms with E-state index in [-0.39, 0.29) is 5.97 Å². The van der Waals surface area contributed by atoms with E-state index in [1.807, 2.05) is 66.7 Å². The summed E-state index contributed by atoms with van der Waals surface area (Å²) < 4.78 is 4.99. The third-order valence-corrected chi connectivity index (χ3v) is 3.94. The van der Waals surface area contributed by atoms with Gasteiger partial charge in [0.2, 0.25) is 0 Å². The van der Waals surface area contributed by atoms with Crippen molar-refractivity contribution in [1.29, 1.82) is 0 Å². The summed E-state index contributed by atoms with van der Waals surface area (Å²) >= 11 is 0. The fourth-order valence-corrected chi connectivity index (χ4v) is 2.77. The third-order valence-electron chi connectivity index (χ3n) is 3.94. The van der Waals surface area contributed by atoms with Crippen molar-refractivity contribution >= 4 is 5.97 Å². The Balaban J connectivity index is 2.22. The summed E-state index contributed by atoms with van der Waals surface area (Å²) in [6.07, 6.45) is 0. The molecular weight excluding hydrogens is 284 g/mol. The second-order valence-electron chi connectivity index (χ2n) is 5.44. The molecule has 0 saturated carbocycles. The number of esters is 1. The van der Waals surface area contributed by atoms with Crippen LogP contribution in [-0.2, 0) is 4.74 Å². The van der Waals surface area contributed by atoms with Crippen LogP contribution in [0.25, 0.3) is 22.3 Å². The molecule has 0 N–H and O–H groups in total. The zero-order valence-electron chi connectivity index (χ0n) is 13.2. The highest BCUT2D eigenvalue weighted by Crippen LogP contribution is 2.32. The van der Waals surface area contributed by atoms with Gasteiger partial charge in [0.25, 0.3) is 0 Å². The average Bonchev–Trinajstić information content (AvgIpc) is 2.62. The minimum atomic E-state index is -0.318. The molecule has 0 radical (unpaired) electrons. The Morgan fingerprint density at radius 1 is 0.783 bits per heavy atom. The largest absolute Gasteiger partial charge is 0.465 e. The standard InChI is InChI=1S/C21H18O2/c1-15-13-19(17-11-7-4-8-12-17)20(21(22)23-2)14-18(15)16-9-5-3-6-10-16/h3-14H,1-2H3. The second kappa shape index (κ2) is 6.49. The Morgan fingerprint density at radius 2 is 1.30 bits per heavy atom. The first-order valence-corrected chi connectivity index (χ1v) is 7.54. The van der Waals surface area contributed by atoms with Gasteiger partial charge in [0, 0.05) is 0 Å². The van der Waals surface area contributed by atoms with E-state index in [9.17, 15) is 4.79 Å². The molecule has 0 bridgehead atoms. The molecule has 0 unspecified atom stereocenters. The summed E-state index contributed by atoms with van der Waals surface area (Å²) in [4.78, 5) is 12.3. The van der Waals surface area contributed by atoms with Gasteiger partial charge in [-0.05, 0) is 46.9 Å². The Morgan fingerprint density at radius 3 is 1.83 bits per heavy atom. The van der Waals surface area contributed by atoms with E-state index in [1.165, 1.54) is 7.11 Å². The Kier molecular flexibility index (Phi) is 4.24. The van der Waals surface area contributed by atoms with Gasteiger partial charge in [0.1, 0.15) is 0 Å². The van der Waals surface area contributed by atoms with Crippen molar-refractivity contribution in [2.45, 2.75) is 6.92 Å². The summed E-state index contributed by atoms with van der Waals surface area (Å²) in [5.41, 5.74) is 5.76. The predicted molar refractivity (Wildman–Crippen MR) is 93.4 cm³/mol. The minimum Gasteiger partial charge on any atom is -0.465 e. The molecule has 3 aromatic rings. The zero-order valence-corrected chi connectivity index (χ0v) is 13.2. The van der Waals surface area contributed by atoms with Gasteiger partial charge in [-0.3, -0.25) is 0 Å². The highest BCUT2D eigenvalue weighted by atomic mass is 16.5. The molecule has 0 fully saturated rings. The van der Waals surface area contributed by atoms with E-state index < -0.39 is 0 Å². The van der Waals surface area contributed by atoms with Crippen molar-refractivity contribution in [3.63, 3.8) is 0 Å². The first-order chi connectivity index (χ1) is 11.2. The molecule has 0 aromatic heterocycles. The Bertz CT molecular complexity index is 821. The minimum absolute atomic E-state index is 0.318. The number of methoxy groups -OCH3 is 1. The molecule has 0 atom stereocenters. The normalized spacial score (nSPS) is 10.3. The maximum atomic E-state index is 12.3. The molecule has 23 heavy (non-hydrogen) atoms. The van der Waals surface area contributed by atoms with Crippen LogP contribution < -0.4 is 0 Å². The number of hydrogen-bond donors (Lipinski definition) is 0. The molecule has 0 amide bonds. The van der Waals surface area contributed by atoms with Gasteiger partial charge in [-0.1, -0.05) is 60.7 Å². The van der Waals surface area contributed by atoms with E-state index in [4.69, 9.17) is 4.74 Å². The lowest BCUT2D eigenvalue weighted by Gasteiger charge is -2.14. The molecule has 0 heterocycles. The summed E-state index contributed by atoms with van der Waals surface area (Å²) in [6.45, 7) is 2.07. The van der Waals surface area contributed by atoms with Crippen LogP contribution in [0.2, 0.25) is 0 Å². The van der Waals surface area contributed by atoms with E-state index in [1.54, 1.807) is 0 Å². The van der Waals surface area contributed by atoms with E-state index in [0.717, 1.165) is 27.8 Å². The fourth-order valence-electron chi connectivity index (χ4n) is 2.77. The van der Waals surface area contributed by atoms with Gasteiger partial charge in [-0.15, -0.1) is 0 Å². The average molecular weight is 302 g/mol. The molecule has 0 aliphatic rings. The highest BCUT2D eigenvalue weighted by molar-refractivity contribution is 5.99. The number of ether oxygens (including phenoxy) is 1. The monoisotopic (exact) mass is 302 g/mol. The van der Waals surface area contributed by atoms with Gasteiger partial charge in [-0.2, -0.15) is 0 Å². The van der Waals surface area contributed by atoms with Crippen molar-refractivity contribution in [2.24, 2.45) is 0 Å². The smallest absolute Gasteiger partial charge is 0.338 e. The van der Waals surface area contributed by atoms with Gasteiger partial charge < -0.3 is 4.74 Å². The molecule has 3 aromatic carbocycles. The van der Waals surface area contributed by atoms with Crippen LogP contribution in [0.4, 0.5) is 0 Å². The summed E-state index contributed by atoms with van der Waals surface area (Å²) in [5, 5.41) is 0. The number of carbonyl (C=O) groups is 1. The zero-order chi connectivity index (χ0) is 16.2. The molecule has 2 nitrogen and oxygen atoms in total. The van der Waals surface area contributed by atoms with Gasteiger partial charge >= 0.3 is 5.97 Å². The summed E-state index contributed by atoms with van der Waals surface area (Å²) in [6, 6.07) is 24.0. The molecule has 0 aliphatic heterocycles. The molecule has 0 saturated heterocycles. The van der Waals surface area contributed by atoms with Crippen LogP contribution in [0.15, 0.2) is 72.8 Å². The van der Waals surface area contributed by atoms with Crippen LogP contribution in [0.1, 0.15) is 15.9 Å². The van der Waals surface area contributed by atoms with Gasteiger partial charge in [0.15, 0.2) is 0 Å². The van der Waals surface area contributed by atoms with E-state index >= 15 is 0 Å². The second-order valence-corrected chi connectivity index (χ2v) is 5.44. The van der Waals surface area contributed by atoms with E-state index in [2.05, 4.69) is 13.0 Å². The van der Waals surface area contributed by atoms with Crippen molar-refractivity contribution < 1.29 is 9.53 Å². The number of benzene rings is 3.